The maximum Gasteiger partial charge on any atom is 0.321 e. The lowest BCUT2D eigenvalue weighted by Crippen LogP contribution is -2.34. The van der Waals surface area contributed by atoms with Crippen molar-refractivity contribution in [2.45, 2.75) is 46.0 Å². The van der Waals surface area contributed by atoms with Crippen LogP contribution in [0.4, 0.5) is 10.5 Å². The average molecular weight is 287 g/mol. The van der Waals surface area contributed by atoms with E-state index in [1.54, 1.807) is 6.20 Å². The number of urea groups is 1. The quantitative estimate of drug-likeness (QED) is 0.900. The van der Waals surface area contributed by atoms with Crippen LogP contribution in [-0.2, 0) is 0 Å². The summed E-state index contributed by atoms with van der Waals surface area (Å²) >= 11 is 0. The third-order valence-corrected chi connectivity index (χ3v) is 5.16. The monoisotopic (exact) mass is 287 g/mol. The average Bonchev–Trinajstić information content (AvgIpc) is 3.12. The van der Waals surface area contributed by atoms with E-state index in [1.165, 1.54) is 32.1 Å². The minimum absolute atomic E-state index is 0.0368. The molecular formula is C17H25N3O. The van der Waals surface area contributed by atoms with Crippen molar-refractivity contribution in [3.05, 3.63) is 23.5 Å². The van der Waals surface area contributed by atoms with Crippen LogP contribution in [0.2, 0.25) is 0 Å². The number of amides is 2. The number of carbonyl (C=O) groups is 1. The van der Waals surface area contributed by atoms with Crippen LogP contribution in [0.15, 0.2) is 12.3 Å². The summed E-state index contributed by atoms with van der Waals surface area (Å²) < 4.78 is 0. The van der Waals surface area contributed by atoms with Crippen LogP contribution >= 0.6 is 0 Å². The molecule has 2 amide bonds. The standard InChI is InChI=1S/C17H25N3O/c1-12-7-9-18-13(2)16(12)19-17(21)20-10-8-15(11-20)14-5-3-4-6-14/h7,9,14-15H,3-6,8,10-11H2,1-2H3,(H,19,21). The molecule has 1 saturated heterocycles. The van der Waals surface area contributed by atoms with E-state index in [2.05, 4.69) is 10.3 Å². The first kappa shape index (κ1) is 14.4. The van der Waals surface area contributed by atoms with Gasteiger partial charge in [-0.2, -0.15) is 0 Å². The molecule has 3 rings (SSSR count). The van der Waals surface area contributed by atoms with Crippen LogP contribution in [0.5, 0.6) is 0 Å². The first-order valence-electron chi connectivity index (χ1n) is 8.13. The van der Waals surface area contributed by atoms with E-state index in [4.69, 9.17) is 0 Å². The van der Waals surface area contributed by atoms with Crippen molar-refractivity contribution in [2.24, 2.45) is 11.8 Å². The van der Waals surface area contributed by atoms with Gasteiger partial charge in [0.25, 0.3) is 0 Å². The van der Waals surface area contributed by atoms with Crippen LogP contribution in [0, 0.1) is 25.7 Å². The van der Waals surface area contributed by atoms with Gasteiger partial charge in [0.1, 0.15) is 0 Å². The number of hydrogen-bond donors (Lipinski definition) is 1. The molecule has 4 nitrogen and oxygen atoms in total. The Kier molecular flexibility index (Phi) is 4.13. The molecule has 1 aliphatic heterocycles. The maximum absolute atomic E-state index is 12.5. The fraction of sp³-hybridized carbons (Fsp3) is 0.647. The topological polar surface area (TPSA) is 45.2 Å². The highest BCUT2D eigenvalue weighted by Crippen LogP contribution is 2.36. The van der Waals surface area contributed by atoms with Crippen LogP contribution in [0.1, 0.15) is 43.4 Å². The summed E-state index contributed by atoms with van der Waals surface area (Å²) in [6, 6.07) is 1.98. The largest absolute Gasteiger partial charge is 0.324 e. The van der Waals surface area contributed by atoms with Gasteiger partial charge in [-0.05, 0) is 43.7 Å². The number of hydrogen-bond acceptors (Lipinski definition) is 2. The third kappa shape index (κ3) is 3.04. The summed E-state index contributed by atoms with van der Waals surface area (Å²) in [5, 5.41) is 3.06. The third-order valence-electron chi connectivity index (χ3n) is 5.16. The summed E-state index contributed by atoms with van der Waals surface area (Å²) in [6.45, 7) is 5.77. The van der Waals surface area contributed by atoms with Gasteiger partial charge in [-0.3, -0.25) is 4.98 Å². The van der Waals surface area contributed by atoms with E-state index in [1.807, 2.05) is 24.8 Å². The molecule has 0 spiro atoms. The Labute approximate surface area is 126 Å². The van der Waals surface area contributed by atoms with Gasteiger partial charge in [-0.15, -0.1) is 0 Å². The smallest absolute Gasteiger partial charge is 0.321 e. The van der Waals surface area contributed by atoms with E-state index in [9.17, 15) is 4.79 Å². The number of nitrogens with one attached hydrogen (secondary N) is 1. The van der Waals surface area contributed by atoms with Crippen molar-refractivity contribution >= 4 is 11.7 Å². The van der Waals surface area contributed by atoms with E-state index < -0.39 is 0 Å². The van der Waals surface area contributed by atoms with Gasteiger partial charge in [0, 0.05) is 19.3 Å². The molecule has 4 heteroatoms. The number of rotatable bonds is 2. The predicted molar refractivity (Wildman–Crippen MR) is 84.4 cm³/mol. The molecule has 0 aromatic carbocycles. The fourth-order valence-corrected chi connectivity index (χ4v) is 3.85. The Morgan fingerprint density at radius 3 is 2.71 bits per heavy atom. The Bertz CT molecular complexity index is 503. The Hall–Kier alpha value is -1.58. The van der Waals surface area contributed by atoms with Crippen LogP contribution in [0.3, 0.4) is 0 Å². The Morgan fingerprint density at radius 2 is 2.00 bits per heavy atom. The predicted octanol–water partition coefficient (Wildman–Crippen LogP) is 3.74. The van der Waals surface area contributed by atoms with Gasteiger partial charge >= 0.3 is 6.03 Å². The number of likely N-dealkylation sites (tertiary alicyclic amines) is 1. The number of carbonyl (C=O) groups excluding carboxylic acids is 1. The molecular weight excluding hydrogens is 262 g/mol. The van der Waals surface area contributed by atoms with Gasteiger partial charge in [0.2, 0.25) is 0 Å². The minimum atomic E-state index is 0.0368. The summed E-state index contributed by atoms with van der Waals surface area (Å²) in [5.74, 6) is 1.57. The van der Waals surface area contributed by atoms with Crippen LogP contribution in [-0.4, -0.2) is 29.0 Å². The zero-order valence-electron chi connectivity index (χ0n) is 13.1. The Balaban J connectivity index is 1.61. The second-order valence-electron chi connectivity index (χ2n) is 6.56. The van der Waals surface area contributed by atoms with Crippen molar-refractivity contribution in [3.8, 4) is 0 Å². The highest BCUT2D eigenvalue weighted by Gasteiger charge is 2.33. The number of anilines is 1. The first-order chi connectivity index (χ1) is 10.1. The van der Waals surface area contributed by atoms with E-state index >= 15 is 0 Å². The molecule has 1 N–H and O–H groups in total. The molecule has 2 heterocycles. The molecule has 1 aliphatic carbocycles. The number of pyridine rings is 1. The molecule has 0 bridgehead atoms. The van der Waals surface area contributed by atoms with Crippen molar-refractivity contribution in [3.63, 3.8) is 0 Å². The SMILES string of the molecule is Cc1ccnc(C)c1NC(=O)N1CCC(C2CCCC2)C1. The first-order valence-corrected chi connectivity index (χ1v) is 8.13. The van der Waals surface area contributed by atoms with E-state index in [-0.39, 0.29) is 6.03 Å². The fourth-order valence-electron chi connectivity index (χ4n) is 3.85. The second-order valence-corrected chi connectivity index (χ2v) is 6.56. The second kappa shape index (κ2) is 6.04. The lowest BCUT2D eigenvalue weighted by Gasteiger charge is -2.21. The van der Waals surface area contributed by atoms with Gasteiger partial charge < -0.3 is 10.2 Å². The zero-order valence-corrected chi connectivity index (χ0v) is 13.1. The zero-order chi connectivity index (χ0) is 14.8. The number of aryl methyl sites for hydroxylation is 2. The van der Waals surface area contributed by atoms with Gasteiger partial charge in [0.15, 0.2) is 0 Å². The molecule has 2 fully saturated rings. The summed E-state index contributed by atoms with van der Waals surface area (Å²) in [7, 11) is 0. The van der Waals surface area contributed by atoms with Crippen LogP contribution in [0.25, 0.3) is 0 Å². The lowest BCUT2D eigenvalue weighted by atomic mass is 9.90. The maximum atomic E-state index is 12.5. The highest BCUT2D eigenvalue weighted by molar-refractivity contribution is 5.90. The van der Waals surface area contributed by atoms with Crippen LogP contribution < -0.4 is 5.32 Å². The van der Waals surface area contributed by atoms with Crippen molar-refractivity contribution in [1.82, 2.24) is 9.88 Å². The molecule has 21 heavy (non-hydrogen) atoms. The van der Waals surface area contributed by atoms with E-state index in [0.717, 1.165) is 36.0 Å². The molecule has 1 aromatic rings. The molecule has 1 aromatic heterocycles. The summed E-state index contributed by atoms with van der Waals surface area (Å²) in [6.07, 6.45) is 8.43. The van der Waals surface area contributed by atoms with Crippen molar-refractivity contribution < 1.29 is 4.79 Å². The molecule has 0 radical (unpaired) electrons. The molecule has 1 saturated carbocycles. The van der Waals surface area contributed by atoms with E-state index in [0.29, 0.717) is 5.92 Å². The Morgan fingerprint density at radius 1 is 1.24 bits per heavy atom. The normalized spacial score (nSPS) is 22.8. The summed E-state index contributed by atoms with van der Waals surface area (Å²) in [4.78, 5) is 18.7. The van der Waals surface area contributed by atoms with Gasteiger partial charge in [-0.1, -0.05) is 25.7 Å². The molecule has 114 valence electrons. The highest BCUT2D eigenvalue weighted by atomic mass is 16.2. The van der Waals surface area contributed by atoms with Gasteiger partial charge in [0.05, 0.1) is 11.4 Å². The van der Waals surface area contributed by atoms with Crippen molar-refractivity contribution in [2.75, 3.05) is 18.4 Å². The number of nitrogens with zero attached hydrogens (tertiary/aromatic N) is 2. The van der Waals surface area contributed by atoms with Gasteiger partial charge in [-0.25, -0.2) is 4.79 Å². The summed E-state index contributed by atoms with van der Waals surface area (Å²) in [5.41, 5.74) is 2.82. The minimum Gasteiger partial charge on any atom is -0.324 e. The van der Waals surface area contributed by atoms with Crippen molar-refractivity contribution in [1.29, 1.82) is 0 Å². The molecule has 1 atom stereocenters. The lowest BCUT2D eigenvalue weighted by molar-refractivity contribution is 0.218. The number of aromatic nitrogens is 1. The molecule has 2 aliphatic rings. The molecule has 1 unspecified atom stereocenters.